The van der Waals surface area contributed by atoms with Crippen LogP contribution in [0.5, 0.6) is 0 Å². The molecule has 2 saturated heterocycles. The van der Waals surface area contributed by atoms with E-state index in [4.69, 9.17) is 28.0 Å². The molecule has 0 aromatic carbocycles. The summed E-state index contributed by atoms with van der Waals surface area (Å²) in [5.41, 5.74) is 0. The summed E-state index contributed by atoms with van der Waals surface area (Å²) in [5, 5.41) is 1.76. The summed E-state index contributed by atoms with van der Waals surface area (Å²) in [6.45, 7) is 0.815. The number of methoxy groups -OCH3 is 2. The van der Waals surface area contributed by atoms with Crippen molar-refractivity contribution >= 4 is 10.1 Å². The number of hydrogen-bond acceptors (Lipinski definition) is 9. The summed E-state index contributed by atoms with van der Waals surface area (Å²) >= 11 is 0. The molecule has 2 fully saturated rings. The monoisotopic (exact) mass is 341 g/mol. The molecule has 10 heteroatoms. The minimum Gasteiger partial charge on any atom is -0.359 e. The van der Waals surface area contributed by atoms with Crippen LogP contribution in [0, 0.1) is 0 Å². The average molecular weight is 341 g/mol. The molecule has 0 unspecified atom stereocenters. The van der Waals surface area contributed by atoms with Crippen molar-refractivity contribution in [3.8, 4) is 0 Å². The van der Waals surface area contributed by atoms with Gasteiger partial charge in [0.05, 0.1) is 25.4 Å². The number of hydroxylamine groups is 2. The summed E-state index contributed by atoms with van der Waals surface area (Å²) in [5.74, 6) is 0. The second-order valence-electron chi connectivity index (χ2n) is 5.27. The van der Waals surface area contributed by atoms with Crippen LogP contribution in [0.25, 0.3) is 0 Å². The first kappa shape index (κ1) is 18.0. The van der Waals surface area contributed by atoms with Gasteiger partial charge in [-0.3, -0.25) is 9.02 Å². The van der Waals surface area contributed by atoms with Crippen LogP contribution in [0.15, 0.2) is 0 Å². The van der Waals surface area contributed by atoms with E-state index in [1.165, 1.54) is 0 Å². The third-order valence-corrected chi connectivity index (χ3v) is 4.07. The minimum absolute atomic E-state index is 0.00751. The molecular formula is C12H23NO8S. The van der Waals surface area contributed by atoms with Gasteiger partial charge in [0.25, 0.3) is 10.1 Å². The van der Waals surface area contributed by atoms with Gasteiger partial charge in [0.1, 0.15) is 31.9 Å². The topological polar surface area (TPSA) is 92.8 Å². The molecule has 0 bridgehead atoms. The molecule has 4 atom stereocenters. The Morgan fingerprint density at radius 1 is 1.18 bits per heavy atom. The second-order valence-corrected chi connectivity index (χ2v) is 6.91. The zero-order valence-electron chi connectivity index (χ0n) is 13.0. The van der Waals surface area contributed by atoms with E-state index in [1.54, 1.807) is 19.3 Å². The van der Waals surface area contributed by atoms with Gasteiger partial charge < -0.3 is 18.9 Å². The molecule has 0 radical (unpaired) electrons. The summed E-state index contributed by atoms with van der Waals surface area (Å²) < 4.78 is 48.0. The van der Waals surface area contributed by atoms with Crippen molar-refractivity contribution in [2.24, 2.45) is 0 Å². The molecule has 0 saturated carbocycles. The first-order valence-electron chi connectivity index (χ1n) is 6.93. The fourth-order valence-corrected chi connectivity index (χ4v) is 3.07. The molecular weight excluding hydrogens is 318 g/mol. The maximum absolute atomic E-state index is 11.0. The summed E-state index contributed by atoms with van der Waals surface area (Å²) in [7, 11) is -0.378. The molecule has 2 aliphatic rings. The Morgan fingerprint density at radius 3 is 2.50 bits per heavy atom. The van der Waals surface area contributed by atoms with E-state index in [9.17, 15) is 8.42 Å². The van der Waals surface area contributed by atoms with Crippen LogP contribution in [0.2, 0.25) is 0 Å². The molecule has 0 amide bonds. The molecule has 2 heterocycles. The molecule has 0 aromatic rings. The van der Waals surface area contributed by atoms with E-state index < -0.39 is 10.1 Å². The fourth-order valence-electron chi connectivity index (χ4n) is 2.67. The van der Waals surface area contributed by atoms with Crippen molar-refractivity contribution in [2.75, 3.05) is 47.2 Å². The highest BCUT2D eigenvalue weighted by atomic mass is 32.2. The van der Waals surface area contributed by atoms with Gasteiger partial charge >= 0.3 is 0 Å². The standard InChI is InChI=1S/C12H23NO8S/c1-16-7-18-11-5-13-10(12(11)19-8-17-2)4-9(21-13)6-20-22(3,14)15/h9-12H,4-8H2,1-3H3/t9-,10-,11-,12-/m0/s1. The maximum atomic E-state index is 11.0. The third kappa shape index (κ3) is 4.83. The van der Waals surface area contributed by atoms with Crippen LogP contribution in [0.3, 0.4) is 0 Å². The van der Waals surface area contributed by atoms with Crippen LogP contribution < -0.4 is 0 Å². The van der Waals surface area contributed by atoms with Crippen molar-refractivity contribution in [1.82, 2.24) is 5.06 Å². The second kappa shape index (κ2) is 7.97. The number of fused-ring (bicyclic) bond motifs is 1. The van der Waals surface area contributed by atoms with E-state index in [-0.39, 0.29) is 44.5 Å². The van der Waals surface area contributed by atoms with Gasteiger partial charge in [-0.2, -0.15) is 13.5 Å². The molecule has 0 N–H and O–H groups in total. The Labute approximate surface area is 130 Å². The van der Waals surface area contributed by atoms with Crippen LogP contribution in [-0.4, -0.2) is 85.0 Å². The Bertz CT molecular complexity index is 444. The Kier molecular flexibility index (Phi) is 6.53. The lowest BCUT2D eigenvalue weighted by Crippen LogP contribution is -2.37. The summed E-state index contributed by atoms with van der Waals surface area (Å²) in [4.78, 5) is 5.70. The van der Waals surface area contributed by atoms with Gasteiger partial charge in [0.15, 0.2) is 0 Å². The highest BCUT2D eigenvalue weighted by molar-refractivity contribution is 7.85. The normalized spacial score (nSPS) is 32.5. The Balaban J connectivity index is 1.90. The van der Waals surface area contributed by atoms with Crippen LogP contribution >= 0.6 is 0 Å². The van der Waals surface area contributed by atoms with E-state index in [2.05, 4.69) is 0 Å². The zero-order chi connectivity index (χ0) is 16.2. The number of hydrogen-bond donors (Lipinski definition) is 0. The number of nitrogens with zero attached hydrogens (tertiary/aromatic N) is 1. The van der Waals surface area contributed by atoms with Gasteiger partial charge in [-0.1, -0.05) is 0 Å². The molecule has 9 nitrogen and oxygen atoms in total. The van der Waals surface area contributed by atoms with Crippen molar-refractivity contribution in [3.63, 3.8) is 0 Å². The summed E-state index contributed by atoms with van der Waals surface area (Å²) in [6.07, 6.45) is 0.853. The smallest absolute Gasteiger partial charge is 0.264 e. The largest absolute Gasteiger partial charge is 0.359 e. The summed E-state index contributed by atoms with van der Waals surface area (Å²) in [6, 6.07) is -0.0369. The third-order valence-electron chi connectivity index (χ3n) is 3.51. The highest BCUT2D eigenvalue weighted by Gasteiger charge is 2.50. The van der Waals surface area contributed by atoms with Gasteiger partial charge in [-0.05, 0) is 6.42 Å². The van der Waals surface area contributed by atoms with Crippen LogP contribution in [-0.2, 0) is 38.1 Å². The van der Waals surface area contributed by atoms with Crippen LogP contribution in [0.4, 0.5) is 0 Å². The van der Waals surface area contributed by atoms with Gasteiger partial charge in [0.2, 0.25) is 0 Å². The van der Waals surface area contributed by atoms with Crippen molar-refractivity contribution in [2.45, 2.75) is 30.8 Å². The lowest BCUT2D eigenvalue weighted by molar-refractivity contribution is -0.165. The molecule has 0 spiro atoms. The van der Waals surface area contributed by atoms with Gasteiger partial charge in [0, 0.05) is 14.2 Å². The molecule has 2 aliphatic heterocycles. The van der Waals surface area contributed by atoms with E-state index in [1.807, 2.05) is 0 Å². The molecule has 0 aliphatic carbocycles. The molecule has 2 rings (SSSR count). The molecule has 0 aromatic heterocycles. The van der Waals surface area contributed by atoms with E-state index in [0.29, 0.717) is 13.0 Å². The van der Waals surface area contributed by atoms with Gasteiger partial charge in [-0.15, -0.1) is 0 Å². The predicted molar refractivity (Wildman–Crippen MR) is 74.3 cm³/mol. The average Bonchev–Trinajstić information content (AvgIpc) is 2.97. The SMILES string of the molecule is COCO[C@@H]1[C@@H](OCOC)CN2O[C@H](COS(C)(=O)=O)C[C@@H]12. The molecule has 22 heavy (non-hydrogen) atoms. The van der Waals surface area contributed by atoms with Crippen LogP contribution in [0.1, 0.15) is 6.42 Å². The quantitative estimate of drug-likeness (QED) is 0.400. The van der Waals surface area contributed by atoms with Crippen molar-refractivity contribution < 1.29 is 36.4 Å². The predicted octanol–water partition coefficient (Wildman–Crippen LogP) is -0.671. The number of ether oxygens (including phenoxy) is 4. The zero-order valence-corrected chi connectivity index (χ0v) is 13.8. The van der Waals surface area contributed by atoms with E-state index in [0.717, 1.165) is 6.26 Å². The Morgan fingerprint density at radius 2 is 1.86 bits per heavy atom. The maximum Gasteiger partial charge on any atom is 0.264 e. The van der Waals surface area contributed by atoms with Crippen molar-refractivity contribution in [3.05, 3.63) is 0 Å². The Hall–Kier alpha value is -0.330. The molecule has 130 valence electrons. The first-order chi connectivity index (χ1) is 10.4. The van der Waals surface area contributed by atoms with E-state index >= 15 is 0 Å². The first-order valence-corrected chi connectivity index (χ1v) is 8.75. The van der Waals surface area contributed by atoms with Gasteiger partial charge in [-0.25, -0.2) is 0 Å². The highest BCUT2D eigenvalue weighted by Crippen LogP contribution is 2.34. The number of rotatable bonds is 9. The van der Waals surface area contributed by atoms with Crippen molar-refractivity contribution in [1.29, 1.82) is 0 Å². The fraction of sp³-hybridized carbons (Fsp3) is 1.00. The minimum atomic E-state index is -3.48. The lowest BCUT2D eigenvalue weighted by Gasteiger charge is -2.22. The lowest BCUT2D eigenvalue weighted by atomic mass is 10.1.